The first-order valence-corrected chi connectivity index (χ1v) is 12.1. The van der Waals surface area contributed by atoms with Crippen LogP contribution in [0.3, 0.4) is 0 Å². The molecule has 2 aliphatic carbocycles. The van der Waals surface area contributed by atoms with Crippen LogP contribution in [0.5, 0.6) is 0 Å². The van der Waals surface area contributed by atoms with Crippen LogP contribution < -0.4 is 5.32 Å². The molecule has 0 bridgehead atoms. The van der Waals surface area contributed by atoms with Gasteiger partial charge in [0.1, 0.15) is 0 Å². The van der Waals surface area contributed by atoms with Crippen molar-refractivity contribution in [2.45, 2.75) is 57.8 Å². The number of aliphatic hydroxyl groups is 3. The van der Waals surface area contributed by atoms with Gasteiger partial charge in [0.2, 0.25) is 5.91 Å². The minimum atomic E-state index is -1.10. The Morgan fingerprint density at radius 1 is 1.15 bits per heavy atom. The monoisotopic (exact) mass is 451 g/mol. The average molecular weight is 452 g/mol. The molecule has 1 spiro atoms. The van der Waals surface area contributed by atoms with Crippen LogP contribution in [0.1, 0.15) is 39.2 Å². The molecule has 1 aromatic carbocycles. The van der Waals surface area contributed by atoms with Crippen LogP contribution >= 0.6 is 0 Å². The van der Waals surface area contributed by atoms with Gasteiger partial charge in [-0.25, -0.2) is 0 Å². The van der Waals surface area contributed by atoms with Crippen LogP contribution in [0.15, 0.2) is 66.3 Å². The van der Waals surface area contributed by atoms with Crippen LogP contribution in [0, 0.1) is 29.1 Å². The minimum Gasteiger partial charge on any atom is -0.392 e. The molecular weight excluding hydrogens is 414 g/mol. The zero-order valence-corrected chi connectivity index (χ0v) is 19.8. The number of carbonyl (C=O) groups excluding carboxylic acids is 1. The Hall–Kier alpha value is -2.21. The van der Waals surface area contributed by atoms with Crippen molar-refractivity contribution in [2.75, 3.05) is 6.61 Å². The second-order valence-corrected chi connectivity index (χ2v) is 10.6. The molecule has 1 heterocycles. The lowest BCUT2D eigenvalue weighted by Gasteiger charge is -2.47. The highest BCUT2D eigenvalue weighted by Gasteiger charge is 2.64. The zero-order chi connectivity index (χ0) is 23.8. The van der Waals surface area contributed by atoms with E-state index in [9.17, 15) is 20.1 Å². The highest BCUT2D eigenvalue weighted by molar-refractivity contribution is 5.88. The molecule has 3 aliphatic rings. The molecule has 0 saturated carbocycles. The van der Waals surface area contributed by atoms with Crippen LogP contribution in [0.2, 0.25) is 0 Å². The van der Waals surface area contributed by atoms with Crippen molar-refractivity contribution in [3.8, 4) is 0 Å². The van der Waals surface area contributed by atoms with Gasteiger partial charge in [0.25, 0.3) is 0 Å². The number of hydrogen-bond acceptors (Lipinski definition) is 4. The largest absolute Gasteiger partial charge is 0.392 e. The third kappa shape index (κ3) is 4.34. The number of carbonyl (C=O) groups is 1. The second kappa shape index (κ2) is 9.21. The molecule has 33 heavy (non-hydrogen) atoms. The Labute approximate surface area is 196 Å². The van der Waals surface area contributed by atoms with Gasteiger partial charge in [-0.05, 0) is 49.2 Å². The molecule has 5 nitrogen and oxygen atoms in total. The molecule has 1 aliphatic heterocycles. The highest BCUT2D eigenvalue weighted by atomic mass is 16.3. The summed E-state index contributed by atoms with van der Waals surface area (Å²) in [5, 5.41) is 35.9. The molecule has 8 atom stereocenters. The van der Waals surface area contributed by atoms with E-state index < -0.39 is 17.1 Å². The fraction of sp³-hybridized carbons (Fsp3) is 0.536. The smallest absolute Gasteiger partial charge is 0.230 e. The number of rotatable bonds is 3. The van der Waals surface area contributed by atoms with E-state index in [1.165, 1.54) is 0 Å². The van der Waals surface area contributed by atoms with Gasteiger partial charge in [-0.15, -0.1) is 0 Å². The van der Waals surface area contributed by atoms with Gasteiger partial charge in [0.05, 0.1) is 23.7 Å². The minimum absolute atomic E-state index is 0.0681. The van der Waals surface area contributed by atoms with Crippen molar-refractivity contribution in [3.63, 3.8) is 0 Å². The van der Waals surface area contributed by atoms with Crippen molar-refractivity contribution in [2.24, 2.45) is 29.1 Å². The fourth-order valence-corrected chi connectivity index (χ4v) is 6.51. The summed E-state index contributed by atoms with van der Waals surface area (Å²) in [4.78, 5) is 13.8. The summed E-state index contributed by atoms with van der Waals surface area (Å²) in [5.41, 5.74) is -0.136. The SMILES string of the molecule is C[C@H]1C/C=C/[C@H]2C=C(CO)[C@@H](C)[C@H]3[C@H](Cc4ccccc4)NC(=O)[C@]32[C@H](O)/C=C/[C@](C)(O)C1. The third-order valence-corrected chi connectivity index (χ3v) is 8.02. The Morgan fingerprint density at radius 2 is 1.88 bits per heavy atom. The lowest BCUT2D eigenvalue weighted by molar-refractivity contribution is -0.138. The maximum Gasteiger partial charge on any atom is 0.230 e. The van der Waals surface area contributed by atoms with E-state index >= 15 is 0 Å². The summed E-state index contributed by atoms with van der Waals surface area (Å²) in [5.74, 6) is -0.562. The molecule has 178 valence electrons. The number of benzene rings is 1. The van der Waals surface area contributed by atoms with Crippen molar-refractivity contribution < 1.29 is 20.1 Å². The van der Waals surface area contributed by atoms with Gasteiger partial charge < -0.3 is 20.6 Å². The molecule has 4 N–H and O–H groups in total. The lowest BCUT2D eigenvalue weighted by atomic mass is 9.54. The van der Waals surface area contributed by atoms with Gasteiger partial charge in [-0.1, -0.05) is 74.6 Å². The first kappa shape index (κ1) is 23.9. The predicted molar refractivity (Wildman–Crippen MR) is 129 cm³/mol. The highest BCUT2D eigenvalue weighted by Crippen LogP contribution is 2.56. The molecular formula is C28H37NO4. The normalized spacial score (nSPS) is 42.8. The molecule has 5 heteroatoms. The van der Waals surface area contributed by atoms with Crippen LogP contribution in [0.25, 0.3) is 0 Å². The number of nitrogens with one attached hydrogen (secondary N) is 1. The van der Waals surface area contributed by atoms with Gasteiger partial charge in [0.15, 0.2) is 0 Å². The summed E-state index contributed by atoms with van der Waals surface area (Å²) in [6.45, 7) is 5.82. The summed E-state index contributed by atoms with van der Waals surface area (Å²) < 4.78 is 0. The third-order valence-electron chi connectivity index (χ3n) is 8.02. The lowest BCUT2D eigenvalue weighted by Crippen LogP contribution is -2.54. The van der Waals surface area contributed by atoms with Gasteiger partial charge in [0, 0.05) is 17.9 Å². The van der Waals surface area contributed by atoms with Gasteiger partial charge in [-0.3, -0.25) is 4.79 Å². The predicted octanol–water partition coefficient (Wildman–Crippen LogP) is 3.17. The number of amides is 1. The molecule has 1 fully saturated rings. The van der Waals surface area contributed by atoms with Crippen LogP contribution in [-0.2, 0) is 11.2 Å². The summed E-state index contributed by atoms with van der Waals surface area (Å²) in [6, 6.07) is 9.89. The molecule has 1 saturated heterocycles. The maximum absolute atomic E-state index is 13.8. The molecule has 1 aromatic rings. The summed E-state index contributed by atoms with van der Waals surface area (Å²) in [6.07, 6.45) is 10.3. The van der Waals surface area contributed by atoms with E-state index in [2.05, 4.69) is 30.4 Å². The van der Waals surface area contributed by atoms with E-state index in [1.54, 1.807) is 19.1 Å². The van der Waals surface area contributed by atoms with Crippen molar-refractivity contribution in [1.29, 1.82) is 0 Å². The first-order chi connectivity index (χ1) is 15.7. The Kier molecular flexibility index (Phi) is 6.68. The Bertz CT molecular complexity index is 950. The molecule has 0 aromatic heterocycles. The molecule has 0 radical (unpaired) electrons. The van der Waals surface area contributed by atoms with E-state index in [0.717, 1.165) is 17.6 Å². The fourth-order valence-electron chi connectivity index (χ4n) is 6.51. The van der Waals surface area contributed by atoms with Crippen molar-refractivity contribution in [3.05, 3.63) is 71.8 Å². The first-order valence-electron chi connectivity index (χ1n) is 12.1. The average Bonchev–Trinajstić information content (AvgIpc) is 3.06. The van der Waals surface area contributed by atoms with Crippen LogP contribution in [-0.4, -0.2) is 45.6 Å². The number of allylic oxidation sites excluding steroid dienone is 3. The Balaban J connectivity index is 1.85. The van der Waals surface area contributed by atoms with Gasteiger partial charge >= 0.3 is 0 Å². The maximum atomic E-state index is 13.8. The molecule has 1 amide bonds. The van der Waals surface area contributed by atoms with Crippen molar-refractivity contribution in [1.82, 2.24) is 5.32 Å². The number of hydrogen-bond donors (Lipinski definition) is 4. The van der Waals surface area contributed by atoms with Crippen molar-refractivity contribution >= 4 is 5.91 Å². The summed E-state index contributed by atoms with van der Waals surface area (Å²) in [7, 11) is 0. The summed E-state index contributed by atoms with van der Waals surface area (Å²) >= 11 is 0. The van der Waals surface area contributed by atoms with Crippen LogP contribution in [0.4, 0.5) is 0 Å². The van der Waals surface area contributed by atoms with E-state index in [-0.39, 0.29) is 42.2 Å². The Morgan fingerprint density at radius 3 is 2.58 bits per heavy atom. The topological polar surface area (TPSA) is 89.8 Å². The molecule has 4 rings (SSSR count). The van der Waals surface area contributed by atoms with Gasteiger partial charge in [-0.2, -0.15) is 0 Å². The number of aliphatic hydroxyl groups excluding tert-OH is 2. The van der Waals surface area contributed by atoms with E-state index in [0.29, 0.717) is 12.8 Å². The van der Waals surface area contributed by atoms with E-state index in [1.807, 2.05) is 37.3 Å². The molecule has 0 unspecified atom stereocenters. The van der Waals surface area contributed by atoms with E-state index in [4.69, 9.17) is 0 Å². The zero-order valence-electron chi connectivity index (χ0n) is 19.8. The second-order valence-electron chi connectivity index (χ2n) is 10.6. The quantitative estimate of drug-likeness (QED) is 0.532. The standard InChI is InChI=1S/C28H37NO4/c1-18-8-7-11-22-15-21(17-30)19(2)25-23(14-20-9-5-4-6-10-20)29-26(32)28(22,25)24(31)12-13-27(3,33)16-18/h4-7,9-13,15,18-19,22-25,30-31,33H,8,14,16-17H2,1-3H3,(H,29,32)/b11-7+,13-12+/t18-,19+,22-,23-,24+,25-,27-,28+/m0/s1.